The molecule has 1 N–H and O–H groups in total. The molecule has 1 aliphatic heterocycles. The maximum absolute atomic E-state index is 11.6. The standard InChI is InChI=1S/C14H17NO3S/c1-10-3-4-12(11(2)7-10)13(16)14(8-15)5-6-19(17,18)9-14/h3-4,7,13,16H,5-6,9H2,1-2H3. The van der Waals surface area contributed by atoms with Gasteiger partial charge in [-0.1, -0.05) is 23.8 Å². The molecule has 0 radical (unpaired) electrons. The topological polar surface area (TPSA) is 78.2 Å². The molecule has 1 aromatic rings. The van der Waals surface area contributed by atoms with E-state index in [4.69, 9.17) is 0 Å². The first-order valence-electron chi connectivity index (χ1n) is 6.16. The Morgan fingerprint density at radius 2 is 2.11 bits per heavy atom. The predicted molar refractivity (Wildman–Crippen MR) is 72.2 cm³/mol. The van der Waals surface area contributed by atoms with Crippen molar-refractivity contribution < 1.29 is 13.5 Å². The smallest absolute Gasteiger partial charge is 0.152 e. The number of nitrogens with zero attached hydrogens (tertiary/aromatic N) is 1. The summed E-state index contributed by atoms with van der Waals surface area (Å²) in [6.07, 6.45) is -0.865. The Kier molecular flexibility index (Phi) is 3.41. The lowest BCUT2D eigenvalue weighted by Crippen LogP contribution is -2.29. The highest BCUT2D eigenvalue weighted by Gasteiger charge is 2.48. The molecule has 0 aromatic heterocycles. The zero-order valence-electron chi connectivity index (χ0n) is 11.0. The third-order valence-corrected chi connectivity index (χ3v) is 5.58. The van der Waals surface area contributed by atoms with E-state index in [1.165, 1.54) is 0 Å². The fourth-order valence-corrected chi connectivity index (χ4v) is 4.64. The lowest BCUT2D eigenvalue weighted by Gasteiger charge is -2.27. The summed E-state index contributed by atoms with van der Waals surface area (Å²) in [4.78, 5) is 0. The molecule has 1 aliphatic rings. The highest BCUT2D eigenvalue weighted by atomic mass is 32.2. The monoisotopic (exact) mass is 279 g/mol. The summed E-state index contributed by atoms with van der Waals surface area (Å²) in [5.41, 5.74) is 1.38. The molecule has 1 heterocycles. The Morgan fingerprint density at radius 1 is 1.42 bits per heavy atom. The Labute approximate surface area is 113 Å². The summed E-state index contributed by atoms with van der Waals surface area (Å²) in [6.45, 7) is 3.81. The van der Waals surface area contributed by atoms with Gasteiger partial charge in [-0.25, -0.2) is 8.42 Å². The molecule has 5 heteroatoms. The van der Waals surface area contributed by atoms with Gasteiger partial charge in [-0.15, -0.1) is 0 Å². The van der Waals surface area contributed by atoms with Crippen molar-refractivity contribution >= 4 is 9.84 Å². The Hall–Kier alpha value is -1.38. The van der Waals surface area contributed by atoms with Gasteiger partial charge in [-0.3, -0.25) is 0 Å². The predicted octanol–water partition coefficient (Wildman–Crippen LogP) is 1.67. The highest BCUT2D eigenvalue weighted by molar-refractivity contribution is 7.91. The lowest BCUT2D eigenvalue weighted by atomic mass is 9.78. The molecule has 0 amide bonds. The first-order chi connectivity index (χ1) is 8.80. The van der Waals surface area contributed by atoms with E-state index in [9.17, 15) is 18.8 Å². The molecule has 1 aromatic carbocycles. The molecule has 102 valence electrons. The van der Waals surface area contributed by atoms with E-state index in [1.54, 1.807) is 6.07 Å². The van der Waals surface area contributed by atoms with Crippen LogP contribution in [-0.2, 0) is 9.84 Å². The van der Waals surface area contributed by atoms with Crippen LogP contribution in [0.15, 0.2) is 18.2 Å². The van der Waals surface area contributed by atoms with Crippen LogP contribution in [0, 0.1) is 30.6 Å². The van der Waals surface area contributed by atoms with E-state index in [0.29, 0.717) is 5.56 Å². The summed E-state index contributed by atoms with van der Waals surface area (Å²) in [6, 6.07) is 7.61. The van der Waals surface area contributed by atoms with E-state index >= 15 is 0 Å². The highest BCUT2D eigenvalue weighted by Crippen LogP contribution is 2.43. The Morgan fingerprint density at radius 3 is 2.58 bits per heavy atom. The first-order valence-corrected chi connectivity index (χ1v) is 7.99. The molecule has 1 saturated heterocycles. The van der Waals surface area contributed by atoms with Crippen LogP contribution in [-0.4, -0.2) is 25.0 Å². The van der Waals surface area contributed by atoms with E-state index in [1.807, 2.05) is 32.0 Å². The summed E-state index contributed by atoms with van der Waals surface area (Å²) in [5.74, 6) is -0.284. The quantitative estimate of drug-likeness (QED) is 0.893. The SMILES string of the molecule is Cc1ccc(C(O)C2(C#N)CCS(=O)(=O)C2)c(C)c1. The van der Waals surface area contributed by atoms with Gasteiger partial charge in [0.2, 0.25) is 0 Å². The van der Waals surface area contributed by atoms with Crippen LogP contribution in [0.25, 0.3) is 0 Å². The van der Waals surface area contributed by atoms with Gasteiger partial charge in [-0.2, -0.15) is 5.26 Å². The summed E-state index contributed by atoms with van der Waals surface area (Å²) < 4.78 is 23.2. The van der Waals surface area contributed by atoms with E-state index in [-0.39, 0.29) is 17.9 Å². The number of sulfone groups is 1. The van der Waals surface area contributed by atoms with Gasteiger partial charge in [-0.05, 0) is 31.4 Å². The largest absolute Gasteiger partial charge is 0.387 e. The number of rotatable bonds is 2. The molecule has 2 rings (SSSR count). The van der Waals surface area contributed by atoms with Gasteiger partial charge in [0.05, 0.1) is 23.7 Å². The van der Waals surface area contributed by atoms with Crippen LogP contribution in [0.4, 0.5) is 0 Å². The van der Waals surface area contributed by atoms with Crippen molar-refractivity contribution in [2.24, 2.45) is 5.41 Å². The van der Waals surface area contributed by atoms with Gasteiger partial charge in [0.1, 0.15) is 5.41 Å². The van der Waals surface area contributed by atoms with Gasteiger partial charge in [0, 0.05) is 0 Å². The van der Waals surface area contributed by atoms with Gasteiger partial charge in [0.25, 0.3) is 0 Å². The van der Waals surface area contributed by atoms with Crippen molar-refractivity contribution in [1.82, 2.24) is 0 Å². The van der Waals surface area contributed by atoms with E-state index in [0.717, 1.165) is 11.1 Å². The average Bonchev–Trinajstić information content (AvgIpc) is 2.65. The molecule has 0 saturated carbocycles. The number of hydrogen-bond donors (Lipinski definition) is 1. The molecule has 19 heavy (non-hydrogen) atoms. The van der Waals surface area contributed by atoms with Crippen LogP contribution >= 0.6 is 0 Å². The van der Waals surface area contributed by atoms with Crippen LogP contribution < -0.4 is 0 Å². The van der Waals surface area contributed by atoms with Gasteiger partial charge < -0.3 is 5.11 Å². The number of aliphatic hydroxyl groups is 1. The van der Waals surface area contributed by atoms with Crippen LogP contribution in [0.1, 0.15) is 29.2 Å². The zero-order chi connectivity index (χ0) is 14.3. The van der Waals surface area contributed by atoms with Crippen molar-refractivity contribution in [3.05, 3.63) is 34.9 Å². The van der Waals surface area contributed by atoms with Crippen LogP contribution in [0.2, 0.25) is 0 Å². The average molecular weight is 279 g/mol. The molecular formula is C14H17NO3S. The zero-order valence-corrected chi connectivity index (χ0v) is 11.9. The molecule has 2 atom stereocenters. The van der Waals surface area contributed by atoms with Gasteiger partial charge >= 0.3 is 0 Å². The lowest BCUT2D eigenvalue weighted by molar-refractivity contribution is 0.0787. The number of nitriles is 1. The van der Waals surface area contributed by atoms with Crippen LogP contribution in [0.5, 0.6) is 0 Å². The molecule has 4 nitrogen and oxygen atoms in total. The van der Waals surface area contributed by atoms with Gasteiger partial charge in [0.15, 0.2) is 9.84 Å². The molecule has 2 unspecified atom stereocenters. The maximum Gasteiger partial charge on any atom is 0.152 e. The second-order valence-electron chi connectivity index (χ2n) is 5.37. The molecule has 0 bridgehead atoms. The molecule has 0 spiro atoms. The van der Waals surface area contributed by atoms with Crippen molar-refractivity contribution in [2.45, 2.75) is 26.4 Å². The first kappa shape index (κ1) is 14.0. The van der Waals surface area contributed by atoms with Crippen molar-refractivity contribution in [3.8, 4) is 6.07 Å². The minimum atomic E-state index is -3.22. The fourth-order valence-electron chi connectivity index (χ4n) is 2.67. The molecule has 0 aliphatic carbocycles. The number of hydrogen-bond acceptors (Lipinski definition) is 4. The Balaban J connectivity index is 2.43. The third-order valence-electron chi connectivity index (χ3n) is 3.80. The minimum Gasteiger partial charge on any atom is -0.387 e. The second kappa shape index (κ2) is 4.62. The van der Waals surface area contributed by atoms with Crippen molar-refractivity contribution in [2.75, 3.05) is 11.5 Å². The van der Waals surface area contributed by atoms with E-state index in [2.05, 4.69) is 0 Å². The van der Waals surface area contributed by atoms with Crippen molar-refractivity contribution in [1.29, 1.82) is 5.26 Å². The number of aliphatic hydroxyl groups excluding tert-OH is 1. The molecular weight excluding hydrogens is 262 g/mol. The minimum absolute atomic E-state index is 0.0253. The summed E-state index contributed by atoms with van der Waals surface area (Å²) in [7, 11) is -3.22. The van der Waals surface area contributed by atoms with Crippen molar-refractivity contribution in [3.63, 3.8) is 0 Å². The number of benzene rings is 1. The Bertz CT molecular complexity index is 645. The summed E-state index contributed by atoms with van der Waals surface area (Å²) >= 11 is 0. The van der Waals surface area contributed by atoms with Crippen LogP contribution in [0.3, 0.4) is 0 Å². The number of aryl methyl sites for hydroxylation is 2. The maximum atomic E-state index is 11.6. The fraction of sp³-hybridized carbons (Fsp3) is 0.500. The summed E-state index contributed by atoms with van der Waals surface area (Å²) in [5, 5.41) is 19.8. The second-order valence-corrected chi connectivity index (χ2v) is 7.56. The normalized spacial score (nSPS) is 26.8. The molecule has 1 fully saturated rings. The van der Waals surface area contributed by atoms with E-state index < -0.39 is 21.4 Å². The third kappa shape index (κ3) is 2.51.